The van der Waals surface area contributed by atoms with E-state index in [9.17, 15) is 10.1 Å². The van der Waals surface area contributed by atoms with Crippen LogP contribution in [0.2, 0.25) is 5.15 Å². The van der Waals surface area contributed by atoms with E-state index >= 15 is 0 Å². The fourth-order valence-electron chi connectivity index (χ4n) is 1.97. The molecule has 1 aromatic carbocycles. The number of anilines is 2. The zero-order valence-electron chi connectivity index (χ0n) is 13.7. The number of halogens is 1. The molecule has 124 valence electrons. The molecule has 0 aliphatic rings. The van der Waals surface area contributed by atoms with Crippen molar-refractivity contribution in [2.24, 2.45) is 0 Å². The molecule has 0 saturated carbocycles. The van der Waals surface area contributed by atoms with Crippen molar-refractivity contribution < 1.29 is 4.79 Å². The number of nitrogens with zero attached hydrogens (tertiary/aromatic N) is 4. The zero-order chi connectivity index (χ0) is 17.9. The number of aromatic nitrogens is 2. The Labute approximate surface area is 149 Å². The van der Waals surface area contributed by atoms with Gasteiger partial charge in [-0.1, -0.05) is 29.4 Å². The van der Waals surface area contributed by atoms with E-state index in [1.54, 1.807) is 26.2 Å². The molecule has 0 fully saturated rings. The lowest BCUT2D eigenvalue weighted by Gasteiger charge is -2.15. The smallest absolute Gasteiger partial charge is 0.253 e. The van der Waals surface area contributed by atoms with Gasteiger partial charge in [-0.25, -0.2) is 9.97 Å². The highest BCUT2D eigenvalue weighted by Gasteiger charge is 2.15. The molecule has 0 radical (unpaired) electrons. The minimum Gasteiger partial charge on any atom is -0.345 e. The summed E-state index contributed by atoms with van der Waals surface area (Å²) in [7, 11) is 3.38. The highest BCUT2D eigenvalue weighted by Crippen LogP contribution is 2.28. The molecule has 0 aliphatic heterocycles. The largest absolute Gasteiger partial charge is 0.345 e. The number of benzene rings is 1. The molecule has 0 saturated heterocycles. The first-order valence-corrected chi connectivity index (χ1v) is 8.58. The topological polar surface area (TPSA) is 81.9 Å². The quantitative estimate of drug-likeness (QED) is 0.510. The van der Waals surface area contributed by atoms with E-state index in [0.29, 0.717) is 22.2 Å². The van der Waals surface area contributed by atoms with Gasteiger partial charge in [-0.2, -0.15) is 5.26 Å². The summed E-state index contributed by atoms with van der Waals surface area (Å²) in [5.41, 5.74) is 2.30. The third-order valence-electron chi connectivity index (χ3n) is 3.28. The lowest BCUT2D eigenvalue weighted by atomic mass is 10.1. The predicted molar refractivity (Wildman–Crippen MR) is 96.0 cm³/mol. The van der Waals surface area contributed by atoms with E-state index in [4.69, 9.17) is 11.6 Å². The summed E-state index contributed by atoms with van der Waals surface area (Å²) < 4.78 is 0. The number of carbonyl (C=O) groups is 1. The van der Waals surface area contributed by atoms with Crippen LogP contribution in [0.1, 0.15) is 21.5 Å². The maximum absolute atomic E-state index is 12.1. The van der Waals surface area contributed by atoms with Gasteiger partial charge in [0.1, 0.15) is 11.6 Å². The minimum absolute atomic E-state index is 0.0949. The monoisotopic (exact) mass is 361 g/mol. The van der Waals surface area contributed by atoms with Gasteiger partial charge < -0.3 is 10.2 Å². The maximum Gasteiger partial charge on any atom is 0.253 e. The van der Waals surface area contributed by atoms with Crippen molar-refractivity contribution in [2.75, 3.05) is 25.7 Å². The van der Waals surface area contributed by atoms with Gasteiger partial charge in [0.05, 0.1) is 0 Å². The maximum atomic E-state index is 12.1. The molecule has 1 N–H and O–H groups in total. The second-order valence-corrected chi connectivity index (χ2v) is 6.32. The van der Waals surface area contributed by atoms with Crippen molar-refractivity contribution in [1.29, 1.82) is 5.26 Å². The van der Waals surface area contributed by atoms with E-state index in [1.165, 1.54) is 16.7 Å². The van der Waals surface area contributed by atoms with E-state index < -0.39 is 0 Å². The number of nitrogens with one attached hydrogen (secondary N) is 1. The van der Waals surface area contributed by atoms with Crippen LogP contribution in [0.25, 0.3) is 0 Å². The third-order valence-corrected chi connectivity index (χ3v) is 4.10. The number of aryl methyl sites for hydroxylation is 1. The van der Waals surface area contributed by atoms with Crippen LogP contribution < -0.4 is 5.32 Å². The Bertz CT molecular complexity index is 832. The van der Waals surface area contributed by atoms with Crippen molar-refractivity contribution in [3.05, 3.63) is 40.0 Å². The van der Waals surface area contributed by atoms with Gasteiger partial charge in [0.25, 0.3) is 5.91 Å². The second kappa shape index (κ2) is 7.51. The van der Waals surface area contributed by atoms with Crippen LogP contribution in [0.5, 0.6) is 0 Å². The molecule has 24 heavy (non-hydrogen) atoms. The fraction of sp³-hybridized carbons (Fsp3) is 0.250. The molecule has 2 aromatic rings. The Morgan fingerprint density at radius 2 is 2.08 bits per heavy atom. The van der Waals surface area contributed by atoms with Crippen LogP contribution >= 0.6 is 23.4 Å². The normalized spacial score (nSPS) is 10.2. The molecule has 0 aliphatic carbocycles. The van der Waals surface area contributed by atoms with E-state index in [0.717, 1.165) is 5.56 Å². The summed E-state index contributed by atoms with van der Waals surface area (Å²) in [6.45, 7) is 1.90. The average molecular weight is 362 g/mol. The average Bonchev–Trinajstić information content (AvgIpc) is 2.55. The standard InChI is InChI=1S/C16H16ClN5OS/c1-9-5-6-10(15(23)22(2)3)7-12(9)19-14-11(8-18)13(17)20-16(21-14)24-4/h5-7H,1-4H3,(H,19,20,21). The summed E-state index contributed by atoms with van der Waals surface area (Å²) in [5.74, 6) is 0.212. The fourth-order valence-corrected chi connectivity index (χ4v) is 2.60. The molecule has 6 nitrogen and oxygen atoms in total. The minimum atomic E-state index is -0.107. The van der Waals surface area contributed by atoms with Crippen LogP contribution in [0.3, 0.4) is 0 Å². The molecular weight excluding hydrogens is 346 g/mol. The van der Waals surface area contributed by atoms with Crippen molar-refractivity contribution in [2.45, 2.75) is 12.1 Å². The van der Waals surface area contributed by atoms with Gasteiger partial charge in [-0.15, -0.1) is 0 Å². The SMILES string of the molecule is CSc1nc(Cl)c(C#N)c(Nc2cc(C(=O)N(C)C)ccc2C)n1. The molecule has 2 rings (SSSR count). The Kier molecular flexibility index (Phi) is 5.65. The Morgan fingerprint density at radius 1 is 1.38 bits per heavy atom. The van der Waals surface area contributed by atoms with Gasteiger partial charge in [-0.05, 0) is 30.9 Å². The third kappa shape index (κ3) is 3.78. The van der Waals surface area contributed by atoms with Gasteiger partial charge in [-0.3, -0.25) is 4.79 Å². The number of amides is 1. The van der Waals surface area contributed by atoms with Crippen molar-refractivity contribution in [1.82, 2.24) is 14.9 Å². The second-order valence-electron chi connectivity index (χ2n) is 5.19. The summed E-state index contributed by atoms with van der Waals surface area (Å²) in [4.78, 5) is 22.0. The highest BCUT2D eigenvalue weighted by molar-refractivity contribution is 7.98. The molecule has 0 unspecified atom stereocenters. The number of hydrogen-bond acceptors (Lipinski definition) is 6. The first kappa shape index (κ1) is 18.0. The molecule has 0 spiro atoms. The van der Waals surface area contributed by atoms with Gasteiger partial charge in [0.2, 0.25) is 0 Å². The van der Waals surface area contributed by atoms with Crippen LogP contribution in [-0.2, 0) is 0 Å². The van der Waals surface area contributed by atoms with Gasteiger partial charge in [0.15, 0.2) is 16.1 Å². The molecule has 1 heterocycles. The van der Waals surface area contributed by atoms with Gasteiger partial charge in [0, 0.05) is 25.3 Å². The summed E-state index contributed by atoms with van der Waals surface area (Å²) in [5, 5.41) is 13.0. The number of thioether (sulfide) groups is 1. The molecular formula is C16H16ClN5OS. The van der Waals surface area contributed by atoms with Crippen LogP contribution in [0.4, 0.5) is 11.5 Å². The van der Waals surface area contributed by atoms with Crippen molar-refractivity contribution in [3.63, 3.8) is 0 Å². The van der Waals surface area contributed by atoms with Crippen LogP contribution in [0, 0.1) is 18.3 Å². The van der Waals surface area contributed by atoms with E-state index in [2.05, 4.69) is 15.3 Å². The van der Waals surface area contributed by atoms with E-state index in [-0.39, 0.29) is 16.6 Å². The van der Waals surface area contributed by atoms with Crippen molar-refractivity contribution in [3.8, 4) is 6.07 Å². The summed E-state index contributed by atoms with van der Waals surface area (Å²) in [6, 6.07) is 7.33. The predicted octanol–water partition coefficient (Wildman–Crippen LogP) is 3.48. The van der Waals surface area contributed by atoms with Crippen LogP contribution in [0.15, 0.2) is 23.4 Å². The number of nitriles is 1. The Balaban J connectivity index is 2.48. The highest BCUT2D eigenvalue weighted by atomic mass is 35.5. The molecule has 0 bridgehead atoms. The number of rotatable bonds is 4. The van der Waals surface area contributed by atoms with E-state index in [1.807, 2.05) is 25.3 Å². The van der Waals surface area contributed by atoms with Crippen molar-refractivity contribution >= 4 is 40.8 Å². The number of carbonyl (C=O) groups excluding carboxylic acids is 1. The molecule has 8 heteroatoms. The molecule has 0 atom stereocenters. The Hall–Kier alpha value is -2.30. The van der Waals surface area contributed by atoms with Crippen LogP contribution in [-0.4, -0.2) is 41.1 Å². The first-order chi connectivity index (χ1) is 11.4. The number of hydrogen-bond donors (Lipinski definition) is 1. The first-order valence-electron chi connectivity index (χ1n) is 6.98. The molecule has 1 amide bonds. The van der Waals surface area contributed by atoms with Gasteiger partial charge >= 0.3 is 0 Å². The Morgan fingerprint density at radius 3 is 2.67 bits per heavy atom. The summed E-state index contributed by atoms with van der Waals surface area (Å²) in [6.07, 6.45) is 1.82. The zero-order valence-corrected chi connectivity index (χ0v) is 15.3. The lowest BCUT2D eigenvalue weighted by molar-refractivity contribution is 0.0827. The summed E-state index contributed by atoms with van der Waals surface area (Å²) >= 11 is 7.38. The lowest BCUT2D eigenvalue weighted by Crippen LogP contribution is -2.21. The molecule has 1 aromatic heterocycles.